The van der Waals surface area contributed by atoms with Gasteiger partial charge >= 0.3 is 12.1 Å². The van der Waals surface area contributed by atoms with Crippen molar-refractivity contribution in [3.63, 3.8) is 0 Å². The minimum atomic E-state index is -1.25. The number of hydrogen-bond donors (Lipinski definition) is 0. The third-order valence-corrected chi connectivity index (χ3v) is 1.99. The van der Waals surface area contributed by atoms with Crippen LogP contribution in [0, 0.1) is 5.41 Å². The van der Waals surface area contributed by atoms with Crippen LogP contribution in [0.4, 0.5) is 4.79 Å². The molecule has 0 aromatic rings. The van der Waals surface area contributed by atoms with Gasteiger partial charge in [-0.25, -0.2) is 4.79 Å². The van der Waals surface area contributed by atoms with Crippen molar-refractivity contribution in [3.8, 4) is 0 Å². The Hall–Kier alpha value is -1.83. The third kappa shape index (κ3) is 6.93. The summed E-state index contributed by atoms with van der Waals surface area (Å²) in [5, 5.41) is 2.52. The van der Waals surface area contributed by atoms with Crippen molar-refractivity contribution in [1.29, 1.82) is 0 Å². The average molecular weight is 309 g/mol. The Morgan fingerprint density at radius 1 is 1.15 bits per heavy atom. The Bertz CT molecular complexity index is 414. The van der Waals surface area contributed by atoms with Crippen LogP contribution < -0.4 is 0 Å². The summed E-state index contributed by atoms with van der Waals surface area (Å²) in [6.45, 7) is 4.31. The largest absolute Gasteiger partial charge is 0.538 e. The molecule has 0 heterocycles. The highest BCUT2D eigenvalue weighted by atomic mass is 35.5. The van der Waals surface area contributed by atoms with Gasteiger partial charge in [0.2, 0.25) is 12.0 Å². The van der Waals surface area contributed by atoms with Crippen molar-refractivity contribution >= 4 is 34.8 Å². The molecule has 0 aliphatic carbocycles. The lowest BCUT2D eigenvalue weighted by Crippen LogP contribution is -2.27. The van der Waals surface area contributed by atoms with E-state index in [0.717, 1.165) is 4.90 Å². The van der Waals surface area contributed by atoms with Gasteiger partial charge in [0.15, 0.2) is 0 Å². The molecule has 0 aliphatic rings. The van der Waals surface area contributed by atoms with E-state index in [1.165, 1.54) is 14.1 Å². The first-order valence-corrected chi connectivity index (χ1v) is 5.89. The molecule has 0 aliphatic heterocycles. The topological polar surface area (TPSA) is 94.5 Å². The summed E-state index contributed by atoms with van der Waals surface area (Å²) in [6.07, 6.45) is -1.25. The summed E-state index contributed by atoms with van der Waals surface area (Å²) in [7, 11) is 2.90. The Morgan fingerprint density at radius 2 is 1.70 bits per heavy atom. The molecule has 20 heavy (non-hydrogen) atoms. The normalized spacial score (nSPS) is 11.6. The molecule has 8 nitrogen and oxygen atoms in total. The molecule has 0 aromatic carbocycles. The molecule has 0 saturated heterocycles. The van der Waals surface area contributed by atoms with E-state index in [1.807, 2.05) is 0 Å². The number of rotatable bonds is 4. The lowest BCUT2D eigenvalue weighted by atomic mass is 9.98. The van der Waals surface area contributed by atoms with Crippen LogP contribution in [0.2, 0.25) is 0 Å². The lowest BCUT2D eigenvalue weighted by Gasteiger charge is -2.15. The van der Waals surface area contributed by atoms with E-state index in [0.29, 0.717) is 0 Å². The van der Waals surface area contributed by atoms with Crippen LogP contribution in [0.3, 0.4) is 0 Å². The Labute approximate surface area is 121 Å². The number of nitrogens with zero attached hydrogens (tertiary/aromatic N) is 2. The average Bonchev–Trinajstić information content (AvgIpc) is 2.33. The van der Waals surface area contributed by atoms with Crippen molar-refractivity contribution in [3.05, 3.63) is 0 Å². The quantitative estimate of drug-likeness (QED) is 0.256. The minimum Gasteiger partial charge on any atom is -0.427 e. The van der Waals surface area contributed by atoms with Gasteiger partial charge in [-0.3, -0.25) is 14.4 Å². The molecule has 0 saturated carbocycles. The number of carbonyl (C=O) groups is 3. The summed E-state index contributed by atoms with van der Waals surface area (Å²) in [4.78, 5) is 38.9. The molecular formula is C11H17ClN2O6. The van der Waals surface area contributed by atoms with Crippen LogP contribution in [0.1, 0.15) is 20.8 Å². The summed E-state index contributed by atoms with van der Waals surface area (Å²) in [5.74, 6) is -1.19. The van der Waals surface area contributed by atoms with Crippen LogP contribution in [0.25, 0.3) is 0 Å². The Balaban J connectivity index is 4.11. The Kier molecular flexibility index (Phi) is 6.98. The highest BCUT2D eigenvalue weighted by Crippen LogP contribution is 2.14. The van der Waals surface area contributed by atoms with Crippen LogP contribution in [-0.4, -0.2) is 49.0 Å². The van der Waals surface area contributed by atoms with E-state index in [4.69, 9.17) is 11.6 Å². The first-order chi connectivity index (χ1) is 9.05. The smallest absolute Gasteiger partial charge is 0.427 e. The van der Waals surface area contributed by atoms with Gasteiger partial charge in [0.25, 0.3) is 5.91 Å². The zero-order valence-electron chi connectivity index (χ0n) is 11.9. The molecule has 0 bridgehead atoms. The monoisotopic (exact) mass is 308 g/mol. The molecule has 0 N–H and O–H groups in total. The number of oxime groups is 1. The molecule has 1 amide bonds. The lowest BCUT2D eigenvalue weighted by molar-refractivity contribution is -0.162. The molecule has 0 aromatic heterocycles. The van der Waals surface area contributed by atoms with Crippen LogP contribution in [0.5, 0.6) is 0 Å². The molecule has 114 valence electrons. The van der Waals surface area contributed by atoms with E-state index in [1.54, 1.807) is 20.8 Å². The van der Waals surface area contributed by atoms with Gasteiger partial charge in [-0.05, 0) is 20.8 Å². The SMILES string of the molecule is CN(C)C(=O)C(Cl)=NOC(=O)OCOC(=O)C(C)(C)C. The molecule has 0 unspecified atom stereocenters. The first-order valence-electron chi connectivity index (χ1n) is 5.52. The third-order valence-electron chi connectivity index (χ3n) is 1.76. The highest BCUT2D eigenvalue weighted by molar-refractivity contribution is 6.82. The van der Waals surface area contributed by atoms with Crippen LogP contribution in [-0.2, 0) is 23.9 Å². The van der Waals surface area contributed by atoms with E-state index in [-0.39, 0.29) is 0 Å². The second-order valence-corrected chi connectivity index (χ2v) is 5.22. The predicted molar refractivity (Wildman–Crippen MR) is 70.0 cm³/mol. The fourth-order valence-corrected chi connectivity index (χ4v) is 0.878. The van der Waals surface area contributed by atoms with Gasteiger partial charge < -0.3 is 14.4 Å². The maximum atomic E-state index is 11.3. The summed E-state index contributed by atoms with van der Waals surface area (Å²) < 4.78 is 9.05. The number of carbonyl (C=O) groups excluding carboxylic acids is 3. The fraction of sp³-hybridized carbons (Fsp3) is 0.636. The number of hydrogen-bond acceptors (Lipinski definition) is 7. The number of halogens is 1. The van der Waals surface area contributed by atoms with Gasteiger partial charge in [0, 0.05) is 14.1 Å². The molecule has 0 fully saturated rings. The second kappa shape index (κ2) is 7.68. The zero-order valence-corrected chi connectivity index (χ0v) is 12.7. The Morgan fingerprint density at radius 3 is 2.15 bits per heavy atom. The minimum absolute atomic E-state index is 0.543. The van der Waals surface area contributed by atoms with Gasteiger partial charge in [0.05, 0.1) is 5.41 Å². The van der Waals surface area contributed by atoms with Crippen molar-refractivity contribution in [2.75, 3.05) is 20.9 Å². The van der Waals surface area contributed by atoms with E-state index in [9.17, 15) is 14.4 Å². The molecule has 9 heteroatoms. The van der Waals surface area contributed by atoms with Crippen LogP contribution in [0.15, 0.2) is 5.16 Å². The fourth-order valence-electron chi connectivity index (χ4n) is 0.675. The maximum absolute atomic E-state index is 11.3. The standard InChI is InChI=1S/C11H17ClN2O6/c1-11(2,3)9(16)18-6-19-10(17)20-13-7(12)8(15)14(4)5/h6H2,1-5H3. The number of amides is 1. The van der Waals surface area contributed by atoms with Crippen molar-refractivity contribution in [2.45, 2.75) is 20.8 Å². The predicted octanol–water partition coefficient (Wildman–Crippen LogP) is 1.33. The molecular weight excluding hydrogens is 292 g/mol. The summed E-state index contributed by atoms with van der Waals surface area (Å²) >= 11 is 5.46. The van der Waals surface area contributed by atoms with Gasteiger partial charge in [-0.15, -0.1) is 0 Å². The second-order valence-electron chi connectivity index (χ2n) is 4.87. The van der Waals surface area contributed by atoms with Crippen molar-refractivity contribution in [1.82, 2.24) is 4.90 Å². The zero-order chi connectivity index (χ0) is 15.9. The van der Waals surface area contributed by atoms with E-state index in [2.05, 4.69) is 19.5 Å². The van der Waals surface area contributed by atoms with E-state index >= 15 is 0 Å². The van der Waals surface area contributed by atoms with Gasteiger partial charge in [0.1, 0.15) is 0 Å². The van der Waals surface area contributed by atoms with E-state index < -0.39 is 35.4 Å². The molecule has 0 rings (SSSR count). The number of esters is 1. The van der Waals surface area contributed by atoms with Crippen LogP contribution >= 0.6 is 11.6 Å². The highest BCUT2D eigenvalue weighted by Gasteiger charge is 2.23. The van der Waals surface area contributed by atoms with Gasteiger partial charge in [-0.1, -0.05) is 16.8 Å². The van der Waals surface area contributed by atoms with Gasteiger partial charge in [-0.2, -0.15) is 0 Å². The van der Waals surface area contributed by atoms with Crippen molar-refractivity contribution < 1.29 is 28.7 Å². The molecule has 0 radical (unpaired) electrons. The molecule has 0 atom stereocenters. The molecule has 0 spiro atoms. The maximum Gasteiger partial charge on any atom is 0.538 e. The summed E-state index contributed by atoms with van der Waals surface area (Å²) in [6, 6.07) is 0. The summed E-state index contributed by atoms with van der Waals surface area (Å²) in [5.41, 5.74) is -0.715. The van der Waals surface area contributed by atoms with Crippen molar-refractivity contribution in [2.24, 2.45) is 10.6 Å². The first kappa shape index (κ1) is 18.2. The number of ether oxygens (including phenoxy) is 2.